The second-order valence-electron chi connectivity index (χ2n) is 4.51. The third kappa shape index (κ3) is 4.63. The van der Waals surface area contributed by atoms with E-state index >= 15 is 0 Å². The molecular weight excluding hydrogens is 410 g/mol. The van der Waals surface area contributed by atoms with Gasteiger partial charge in [0.2, 0.25) is 0 Å². The van der Waals surface area contributed by atoms with Crippen molar-refractivity contribution in [3.8, 4) is 0 Å². The lowest BCUT2D eigenvalue weighted by atomic mass is 9.93. The number of nitrogens with two attached hydrogens (primary N) is 1. The molecule has 2 N–H and O–H groups in total. The Morgan fingerprint density at radius 3 is 1.52 bits per heavy atom. The van der Waals surface area contributed by atoms with Gasteiger partial charge in [-0.15, -0.1) is 12.4 Å². The van der Waals surface area contributed by atoms with Gasteiger partial charge in [-0.3, -0.25) is 0 Å². The Hall–Kier alpha value is -1.37. The molecule has 0 amide bonds. The Morgan fingerprint density at radius 1 is 0.760 bits per heavy atom. The quantitative estimate of drug-likeness (QED) is 0.636. The minimum absolute atomic E-state index is 0. The number of rotatable bonds is 2. The fraction of sp³-hybridized carbons (Fsp3) is 0.455. The third-order valence-corrected chi connectivity index (χ3v) is 2.84. The van der Waals surface area contributed by atoms with Gasteiger partial charge in [0, 0.05) is 5.56 Å². The van der Waals surface area contributed by atoms with Gasteiger partial charge < -0.3 is 5.73 Å². The van der Waals surface area contributed by atoms with Crippen LogP contribution in [0.2, 0.25) is 0 Å². The smallest absolute Gasteiger partial charge is 0.319 e. The SMILES string of the molecule is Cl.N[C@H](c1c(F)cc(C(F)(F)F)cc1C(F)(F)F)C(F)(F)C(F)(F)F. The van der Waals surface area contributed by atoms with Crippen molar-refractivity contribution in [2.45, 2.75) is 30.5 Å². The van der Waals surface area contributed by atoms with E-state index in [1.54, 1.807) is 0 Å². The normalized spacial score (nSPS) is 14.9. The van der Waals surface area contributed by atoms with Crippen LogP contribution in [0.3, 0.4) is 0 Å². The van der Waals surface area contributed by atoms with Crippen LogP contribution in [-0.4, -0.2) is 12.1 Å². The number of alkyl halides is 11. The molecule has 0 unspecified atom stereocenters. The van der Waals surface area contributed by atoms with Crippen LogP contribution >= 0.6 is 12.4 Å². The van der Waals surface area contributed by atoms with Crippen molar-refractivity contribution in [2.75, 3.05) is 0 Å². The molecule has 0 fully saturated rings. The summed E-state index contributed by atoms with van der Waals surface area (Å²) in [5.74, 6) is -8.61. The van der Waals surface area contributed by atoms with E-state index in [0.717, 1.165) is 0 Å². The second kappa shape index (κ2) is 6.74. The van der Waals surface area contributed by atoms with Crippen molar-refractivity contribution >= 4 is 12.4 Å². The minimum atomic E-state index is -6.45. The molecule has 0 spiro atoms. The number of hydrogen-bond acceptors (Lipinski definition) is 1. The van der Waals surface area contributed by atoms with Crippen LogP contribution < -0.4 is 5.73 Å². The van der Waals surface area contributed by atoms with E-state index in [1.165, 1.54) is 0 Å². The molecule has 1 rings (SSSR count). The Kier molecular flexibility index (Phi) is 6.37. The largest absolute Gasteiger partial charge is 0.455 e. The van der Waals surface area contributed by atoms with Gasteiger partial charge in [-0.1, -0.05) is 0 Å². The predicted molar refractivity (Wildman–Crippen MR) is 61.6 cm³/mol. The predicted octanol–water partition coefficient (Wildman–Crippen LogP) is 5.48. The second-order valence-corrected chi connectivity index (χ2v) is 4.51. The molecule has 1 aromatic carbocycles. The molecule has 0 saturated carbocycles. The van der Waals surface area contributed by atoms with Crippen LogP contribution in [0.4, 0.5) is 52.7 Å². The van der Waals surface area contributed by atoms with E-state index in [0.29, 0.717) is 0 Å². The first-order chi connectivity index (χ1) is 10.4. The van der Waals surface area contributed by atoms with Gasteiger partial charge in [0.1, 0.15) is 11.9 Å². The van der Waals surface area contributed by atoms with Crippen LogP contribution in [0, 0.1) is 5.82 Å². The Morgan fingerprint density at radius 2 is 1.20 bits per heavy atom. The summed E-state index contributed by atoms with van der Waals surface area (Å²) < 4.78 is 152. The van der Waals surface area contributed by atoms with Gasteiger partial charge in [0.25, 0.3) is 0 Å². The first-order valence-corrected chi connectivity index (χ1v) is 5.58. The first kappa shape index (κ1) is 23.6. The molecule has 0 aliphatic rings. The van der Waals surface area contributed by atoms with Crippen LogP contribution in [0.15, 0.2) is 12.1 Å². The van der Waals surface area contributed by atoms with Crippen molar-refractivity contribution in [1.82, 2.24) is 0 Å². The van der Waals surface area contributed by atoms with Crippen molar-refractivity contribution in [1.29, 1.82) is 0 Å². The van der Waals surface area contributed by atoms with Crippen LogP contribution in [0.1, 0.15) is 22.7 Å². The highest BCUT2D eigenvalue weighted by Crippen LogP contribution is 2.48. The maximum atomic E-state index is 13.6. The Labute approximate surface area is 137 Å². The van der Waals surface area contributed by atoms with Gasteiger partial charge in [-0.25, -0.2) is 4.39 Å². The fourth-order valence-corrected chi connectivity index (χ4v) is 1.69. The monoisotopic (exact) mass is 415 g/mol. The van der Waals surface area contributed by atoms with Crippen LogP contribution in [0.25, 0.3) is 0 Å². The van der Waals surface area contributed by atoms with E-state index in [4.69, 9.17) is 0 Å². The molecule has 1 aromatic rings. The molecule has 0 heterocycles. The lowest BCUT2D eigenvalue weighted by Gasteiger charge is -2.28. The molecule has 0 radical (unpaired) electrons. The summed E-state index contributed by atoms with van der Waals surface area (Å²) in [6, 6.07) is -5.34. The summed E-state index contributed by atoms with van der Waals surface area (Å²) >= 11 is 0. The first-order valence-electron chi connectivity index (χ1n) is 5.58. The molecule has 0 aliphatic carbocycles. The summed E-state index contributed by atoms with van der Waals surface area (Å²) in [4.78, 5) is 0. The van der Waals surface area contributed by atoms with Crippen LogP contribution in [0.5, 0.6) is 0 Å². The number of hydrogen-bond donors (Lipinski definition) is 1. The zero-order chi connectivity index (χ0) is 19.3. The van der Waals surface area contributed by atoms with E-state index in [9.17, 15) is 52.7 Å². The lowest BCUT2D eigenvalue weighted by Crippen LogP contribution is -2.46. The van der Waals surface area contributed by atoms with Crippen molar-refractivity contribution in [3.05, 3.63) is 34.6 Å². The van der Waals surface area contributed by atoms with Gasteiger partial charge in [0.05, 0.1) is 11.1 Å². The van der Waals surface area contributed by atoms with E-state index < -0.39 is 65.1 Å². The zero-order valence-electron chi connectivity index (χ0n) is 11.3. The summed E-state index contributed by atoms with van der Waals surface area (Å²) in [5, 5.41) is 0. The van der Waals surface area contributed by atoms with E-state index in [2.05, 4.69) is 5.73 Å². The van der Waals surface area contributed by atoms with Gasteiger partial charge >= 0.3 is 24.5 Å². The molecule has 14 heteroatoms. The Bertz CT molecular complexity index is 615. The number of benzene rings is 1. The number of halogens is 13. The molecule has 0 saturated heterocycles. The average molecular weight is 416 g/mol. The summed E-state index contributed by atoms with van der Waals surface area (Å²) in [7, 11) is 0. The highest BCUT2D eigenvalue weighted by Gasteiger charge is 2.63. The minimum Gasteiger partial charge on any atom is -0.319 e. The molecule has 1 nitrogen and oxygen atoms in total. The molecule has 1 atom stereocenters. The van der Waals surface area contributed by atoms with Gasteiger partial charge in [0.15, 0.2) is 0 Å². The van der Waals surface area contributed by atoms with Crippen molar-refractivity contribution < 1.29 is 52.7 Å². The summed E-state index contributed by atoms with van der Waals surface area (Å²) in [6.45, 7) is 0. The summed E-state index contributed by atoms with van der Waals surface area (Å²) in [5.41, 5.74) is -2.89. The highest BCUT2D eigenvalue weighted by molar-refractivity contribution is 5.85. The maximum Gasteiger partial charge on any atom is 0.455 e. The van der Waals surface area contributed by atoms with Crippen molar-refractivity contribution in [3.63, 3.8) is 0 Å². The molecule has 25 heavy (non-hydrogen) atoms. The van der Waals surface area contributed by atoms with Gasteiger partial charge in [-0.05, 0) is 12.1 Å². The Balaban J connectivity index is 0.00000576. The average Bonchev–Trinajstić information content (AvgIpc) is 2.33. The third-order valence-electron chi connectivity index (χ3n) is 2.84. The summed E-state index contributed by atoms with van der Waals surface area (Å²) in [6.07, 6.45) is -17.8. The molecule has 0 aromatic heterocycles. The molecule has 146 valence electrons. The zero-order valence-corrected chi connectivity index (χ0v) is 12.1. The fourth-order valence-electron chi connectivity index (χ4n) is 1.69. The molecule has 0 aliphatic heterocycles. The topological polar surface area (TPSA) is 26.0 Å². The van der Waals surface area contributed by atoms with Crippen LogP contribution in [-0.2, 0) is 12.4 Å². The lowest BCUT2D eigenvalue weighted by molar-refractivity contribution is -0.291. The maximum absolute atomic E-state index is 13.6. The van der Waals surface area contributed by atoms with E-state index in [1.807, 2.05) is 0 Å². The standard InChI is InChI=1S/C11H5F12N.ClH/c12-5-2-3(9(15,16)17)1-4(10(18,19)20)6(5)7(24)8(13,14)11(21,22)23;/h1-2,7H,24H2;1H/t7-;/m1./s1. The highest BCUT2D eigenvalue weighted by atomic mass is 35.5. The van der Waals surface area contributed by atoms with Gasteiger partial charge in [-0.2, -0.15) is 48.3 Å². The van der Waals surface area contributed by atoms with Crippen molar-refractivity contribution in [2.24, 2.45) is 5.73 Å². The van der Waals surface area contributed by atoms with E-state index in [-0.39, 0.29) is 12.4 Å². The molecule has 0 bridgehead atoms. The molecular formula is C11H6ClF12N.